The van der Waals surface area contributed by atoms with E-state index in [4.69, 9.17) is 0 Å². The lowest BCUT2D eigenvalue weighted by atomic mass is 10.2. The maximum atomic E-state index is 11.5. The summed E-state index contributed by atoms with van der Waals surface area (Å²) in [5.41, 5.74) is 2.44. The van der Waals surface area contributed by atoms with Gasteiger partial charge >= 0.3 is 15.2 Å². The molecule has 0 unspecified atom stereocenters. The van der Waals surface area contributed by atoms with Crippen molar-refractivity contribution in [3.05, 3.63) is 59.2 Å². The van der Waals surface area contributed by atoms with Gasteiger partial charge in [-0.2, -0.15) is 0 Å². The molecule has 12 heteroatoms. The summed E-state index contributed by atoms with van der Waals surface area (Å²) in [5.74, 6) is 0. The standard InChI is InChI=1S/C16H22N4O6P2/c21-27(22,23)11-19-7-13-3-1-4-14(17-13)8-20(12-28(24,25)26)10-16-6-2-5-15(9-19)18-16/h1-6H,7-12H2,(H2,21,22,23)(H2,24,25,26). The second-order valence-electron chi connectivity index (χ2n) is 6.83. The van der Waals surface area contributed by atoms with Gasteiger partial charge < -0.3 is 19.6 Å². The van der Waals surface area contributed by atoms with E-state index in [-0.39, 0.29) is 26.2 Å². The second-order valence-corrected chi connectivity index (χ2v) is 10.1. The summed E-state index contributed by atoms with van der Waals surface area (Å²) in [4.78, 5) is 49.8. The molecule has 0 saturated heterocycles. The van der Waals surface area contributed by atoms with Gasteiger partial charge in [-0.15, -0.1) is 0 Å². The van der Waals surface area contributed by atoms with E-state index < -0.39 is 27.8 Å². The Hall–Kier alpha value is -1.48. The molecule has 0 radical (unpaired) electrons. The molecule has 0 aliphatic carbocycles. The minimum atomic E-state index is -4.27. The van der Waals surface area contributed by atoms with Gasteiger partial charge in [0.1, 0.15) is 12.6 Å². The molecule has 2 aromatic rings. The number of fused-ring (bicyclic) bond motifs is 4. The third kappa shape index (κ3) is 6.84. The van der Waals surface area contributed by atoms with Crippen molar-refractivity contribution in [1.29, 1.82) is 0 Å². The van der Waals surface area contributed by atoms with Crippen LogP contribution < -0.4 is 0 Å². The van der Waals surface area contributed by atoms with Gasteiger partial charge in [0.2, 0.25) is 0 Å². The highest BCUT2D eigenvalue weighted by molar-refractivity contribution is 7.51. The first-order valence-electron chi connectivity index (χ1n) is 8.49. The Kier molecular flexibility index (Phi) is 6.44. The van der Waals surface area contributed by atoms with E-state index >= 15 is 0 Å². The molecule has 28 heavy (non-hydrogen) atoms. The molecule has 152 valence electrons. The van der Waals surface area contributed by atoms with Crippen molar-refractivity contribution in [2.75, 3.05) is 12.6 Å². The minimum absolute atomic E-state index is 0.212. The first-order valence-corrected chi connectivity index (χ1v) is 12.1. The van der Waals surface area contributed by atoms with Crippen molar-refractivity contribution in [1.82, 2.24) is 19.8 Å². The van der Waals surface area contributed by atoms with E-state index in [9.17, 15) is 28.7 Å². The van der Waals surface area contributed by atoms with Crippen LogP contribution in [0.4, 0.5) is 0 Å². The zero-order chi connectivity index (χ0) is 20.4. The number of nitrogens with zero attached hydrogens (tertiary/aromatic N) is 4. The molecular weight excluding hydrogens is 406 g/mol. The first kappa shape index (κ1) is 21.2. The Bertz CT molecular complexity index is 813. The van der Waals surface area contributed by atoms with E-state index in [1.807, 2.05) is 0 Å². The molecular formula is C16H22N4O6P2. The molecule has 4 bridgehead atoms. The highest BCUT2D eigenvalue weighted by Gasteiger charge is 2.23. The summed E-state index contributed by atoms with van der Waals surface area (Å²) in [7, 11) is -8.54. The zero-order valence-electron chi connectivity index (χ0n) is 15.0. The molecule has 0 spiro atoms. The summed E-state index contributed by atoms with van der Waals surface area (Å²) in [6.45, 7) is 0.847. The van der Waals surface area contributed by atoms with Crippen molar-refractivity contribution in [2.45, 2.75) is 26.2 Å². The van der Waals surface area contributed by atoms with Crippen LogP contribution in [0.5, 0.6) is 0 Å². The fraction of sp³-hybridized carbons (Fsp3) is 0.375. The summed E-state index contributed by atoms with van der Waals surface area (Å²) in [6, 6.07) is 10.5. The number of hydrogen-bond acceptors (Lipinski definition) is 6. The molecule has 1 aliphatic heterocycles. The fourth-order valence-corrected chi connectivity index (χ4v) is 4.60. The molecule has 10 nitrogen and oxygen atoms in total. The van der Waals surface area contributed by atoms with E-state index in [1.165, 1.54) is 0 Å². The predicted molar refractivity (Wildman–Crippen MR) is 101 cm³/mol. The quantitative estimate of drug-likeness (QED) is 0.521. The lowest BCUT2D eigenvalue weighted by Crippen LogP contribution is -2.28. The van der Waals surface area contributed by atoms with Crippen LogP contribution in [0.3, 0.4) is 0 Å². The van der Waals surface area contributed by atoms with Gasteiger partial charge in [-0.25, -0.2) is 0 Å². The van der Waals surface area contributed by atoms with Gasteiger partial charge in [0.25, 0.3) is 0 Å². The first-order chi connectivity index (χ1) is 13.1. The molecule has 2 aromatic heterocycles. The minimum Gasteiger partial charge on any atom is -0.324 e. The van der Waals surface area contributed by atoms with Crippen LogP contribution in [0, 0.1) is 0 Å². The average Bonchev–Trinajstić information content (AvgIpc) is 2.51. The fourth-order valence-electron chi connectivity index (χ4n) is 3.16. The van der Waals surface area contributed by atoms with Crippen LogP contribution in [-0.4, -0.2) is 51.9 Å². The van der Waals surface area contributed by atoms with Gasteiger partial charge in [0, 0.05) is 26.2 Å². The van der Waals surface area contributed by atoms with Crippen LogP contribution in [0.1, 0.15) is 22.8 Å². The van der Waals surface area contributed by atoms with Crippen molar-refractivity contribution in [3.8, 4) is 0 Å². The van der Waals surface area contributed by atoms with Gasteiger partial charge in [0.15, 0.2) is 0 Å². The van der Waals surface area contributed by atoms with Crippen molar-refractivity contribution in [3.63, 3.8) is 0 Å². The van der Waals surface area contributed by atoms with Crippen molar-refractivity contribution < 1.29 is 28.7 Å². The average molecular weight is 428 g/mol. The SMILES string of the molecule is O=P(O)(O)CN1Cc2cccc(n2)CN(CP(=O)(O)O)Cc2cccc(n2)C1. The maximum Gasteiger partial charge on any atom is 0.339 e. The molecule has 0 amide bonds. The van der Waals surface area contributed by atoms with Crippen LogP contribution >= 0.6 is 15.2 Å². The summed E-state index contributed by atoms with van der Waals surface area (Å²) < 4.78 is 23.1. The van der Waals surface area contributed by atoms with Crippen LogP contribution in [0.25, 0.3) is 0 Å². The van der Waals surface area contributed by atoms with E-state index in [0.29, 0.717) is 22.8 Å². The number of pyridine rings is 2. The molecule has 0 atom stereocenters. The maximum absolute atomic E-state index is 11.5. The highest BCUT2D eigenvalue weighted by Crippen LogP contribution is 2.37. The van der Waals surface area contributed by atoms with Gasteiger partial charge in [-0.3, -0.25) is 28.9 Å². The second kappa shape index (κ2) is 8.49. The Balaban J connectivity index is 1.97. The lowest BCUT2D eigenvalue weighted by Gasteiger charge is -2.25. The number of hydrogen-bond donors (Lipinski definition) is 4. The van der Waals surface area contributed by atoms with Crippen molar-refractivity contribution in [2.24, 2.45) is 0 Å². The Morgan fingerprint density at radius 1 is 0.679 bits per heavy atom. The molecule has 4 N–H and O–H groups in total. The summed E-state index contributed by atoms with van der Waals surface area (Å²) in [5, 5.41) is 0. The molecule has 3 heterocycles. The van der Waals surface area contributed by atoms with Crippen molar-refractivity contribution >= 4 is 15.2 Å². The monoisotopic (exact) mass is 428 g/mol. The third-order valence-electron chi connectivity index (χ3n) is 4.04. The molecule has 0 saturated carbocycles. The summed E-state index contributed by atoms with van der Waals surface area (Å²) in [6.07, 6.45) is -0.843. The molecule has 1 aliphatic rings. The molecule has 0 fully saturated rings. The van der Waals surface area contributed by atoms with Crippen LogP contribution in [0.15, 0.2) is 36.4 Å². The largest absolute Gasteiger partial charge is 0.339 e. The topological polar surface area (TPSA) is 147 Å². The molecule has 0 aromatic carbocycles. The summed E-state index contributed by atoms with van der Waals surface area (Å²) >= 11 is 0. The van der Waals surface area contributed by atoms with Gasteiger partial charge in [-0.1, -0.05) is 12.1 Å². The van der Waals surface area contributed by atoms with E-state index in [1.54, 1.807) is 46.2 Å². The third-order valence-corrected chi connectivity index (χ3v) is 5.58. The Labute approximate surface area is 162 Å². The Morgan fingerprint density at radius 3 is 1.21 bits per heavy atom. The van der Waals surface area contributed by atoms with Crippen LogP contribution in [0.2, 0.25) is 0 Å². The smallest absolute Gasteiger partial charge is 0.324 e. The van der Waals surface area contributed by atoms with Crippen LogP contribution in [-0.2, 0) is 35.3 Å². The molecule has 3 rings (SSSR count). The van der Waals surface area contributed by atoms with Gasteiger partial charge in [-0.05, 0) is 24.3 Å². The highest BCUT2D eigenvalue weighted by atomic mass is 31.2. The normalized spacial score (nSPS) is 17.0. The van der Waals surface area contributed by atoms with E-state index in [0.717, 1.165) is 0 Å². The Morgan fingerprint density at radius 2 is 0.964 bits per heavy atom. The number of rotatable bonds is 4. The predicted octanol–water partition coefficient (Wildman–Crippen LogP) is 1.06. The number of aromatic nitrogens is 2. The van der Waals surface area contributed by atoms with E-state index in [2.05, 4.69) is 9.97 Å². The van der Waals surface area contributed by atoms with Gasteiger partial charge in [0.05, 0.1) is 22.8 Å². The zero-order valence-corrected chi connectivity index (χ0v) is 16.8. The lowest BCUT2D eigenvalue weighted by molar-refractivity contribution is 0.247.